The maximum absolute atomic E-state index is 12.5. The van der Waals surface area contributed by atoms with Crippen molar-refractivity contribution < 1.29 is 13.2 Å². The van der Waals surface area contributed by atoms with Crippen LogP contribution in [0.2, 0.25) is 0 Å². The lowest BCUT2D eigenvalue weighted by atomic mass is 10.1. The molecule has 5 nitrogen and oxygen atoms in total. The van der Waals surface area contributed by atoms with Crippen molar-refractivity contribution in [3.63, 3.8) is 0 Å². The zero-order valence-corrected chi connectivity index (χ0v) is 13.9. The van der Waals surface area contributed by atoms with Gasteiger partial charge in [0.15, 0.2) is 0 Å². The molecule has 1 aliphatic rings. The van der Waals surface area contributed by atoms with Gasteiger partial charge in [0, 0.05) is 11.9 Å². The van der Waals surface area contributed by atoms with E-state index in [0.29, 0.717) is 12.8 Å². The molecule has 1 aromatic rings. The summed E-state index contributed by atoms with van der Waals surface area (Å²) in [7, 11) is -3.62. The number of rotatable bonds is 3. The van der Waals surface area contributed by atoms with E-state index in [4.69, 9.17) is 0 Å². The van der Waals surface area contributed by atoms with Crippen LogP contribution in [0.4, 0.5) is 0 Å². The molecule has 0 radical (unpaired) electrons. The van der Waals surface area contributed by atoms with Crippen molar-refractivity contribution in [3.8, 4) is 0 Å². The number of amides is 1. The van der Waals surface area contributed by atoms with Crippen molar-refractivity contribution >= 4 is 15.9 Å². The van der Waals surface area contributed by atoms with Gasteiger partial charge in [-0.2, -0.15) is 0 Å². The summed E-state index contributed by atoms with van der Waals surface area (Å²) in [4.78, 5) is 16.1. The van der Waals surface area contributed by atoms with Crippen LogP contribution in [0.1, 0.15) is 67.4 Å². The summed E-state index contributed by atoms with van der Waals surface area (Å²) in [5.74, 6) is -0.590. The highest BCUT2D eigenvalue weighted by Crippen LogP contribution is 2.21. The lowest BCUT2D eigenvalue weighted by Crippen LogP contribution is -2.38. The Balaban J connectivity index is 2.04. The smallest absolute Gasteiger partial charge is 0.266 e. The summed E-state index contributed by atoms with van der Waals surface area (Å²) in [6.45, 7) is 1.82. The standard InChI is InChI=1S/C16H24N2O3S/c1-13-10-11-14(12-17-13)16(19)18-22(20,21)15-8-6-4-2-3-5-7-9-15/h10-12,15H,2-9H2,1H3,(H,18,19). The quantitative estimate of drug-likeness (QED) is 0.927. The number of pyridine rings is 1. The number of nitrogens with zero attached hydrogens (tertiary/aromatic N) is 1. The van der Waals surface area contributed by atoms with Crippen molar-refractivity contribution in [3.05, 3.63) is 29.6 Å². The molecule has 22 heavy (non-hydrogen) atoms. The highest BCUT2D eigenvalue weighted by atomic mass is 32.2. The predicted octanol–water partition coefficient (Wildman–Crippen LogP) is 2.95. The third-order valence-electron chi connectivity index (χ3n) is 4.15. The van der Waals surface area contributed by atoms with Gasteiger partial charge in [0.2, 0.25) is 10.0 Å². The molecule has 1 fully saturated rings. The molecule has 0 saturated heterocycles. The number of nitrogens with one attached hydrogen (secondary N) is 1. The molecule has 1 aromatic heterocycles. The second-order valence-electron chi connectivity index (χ2n) is 5.99. The van der Waals surface area contributed by atoms with Crippen LogP contribution in [0, 0.1) is 6.92 Å². The first-order valence-corrected chi connectivity index (χ1v) is 9.52. The fraction of sp³-hybridized carbons (Fsp3) is 0.625. The Kier molecular flexibility index (Phi) is 5.94. The first-order chi connectivity index (χ1) is 10.5. The van der Waals surface area contributed by atoms with Crippen LogP contribution in [0.3, 0.4) is 0 Å². The molecule has 6 heteroatoms. The Morgan fingerprint density at radius 1 is 1.09 bits per heavy atom. The minimum atomic E-state index is -3.62. The second kappa shape index (κ2) is 7.72. The van der Waals surface area contributed by atoms with Crippen LogP contribution in [-0.2, 0) is 10.0 Å². The first kappa shape index (κ1) is 16.9. The van der Waals surface area contributed by atoms with Crippen LogP contribution in [0.5, 0.6) is 0 Å². The van der Waals surface area contributed by atoms with E-state index in [1.54, 1.807) is 12.1 Å². The van der Waals surface area contributed by atoms with Crippen molar-refractivity contribution in [2.45, 2.75) is 63.5 Å². The number of aryl methyl sites for hydroxylation is 1. The van der Waals surface area contributed by atoms with E-state index in [0.717, 1.165) is 31.4 Å². The summed E-state index contributed by atoms with van der Waals surface area (Å²) in [6, 6.07) is 3.29. The van der Waals surface area contributed by atoms with Gasteiger partial charge < -0.3 is 0 Å². The van der Waals surface area contributed by atoms with E-state index in [1.807, 2.05) is 6.92 Å². The second-order valence-corrected chi connectivity index (χ2v) is 7.95. The number of sulfonamides is 1. The highest BCUT2D eigenvalue weighted by Gasteiger charge is 2.27. The summed E-state index contributed by atoms with van der Waals surface area (Å²) >= 11 is 0. The van der Waals surface area contributed by atoms with Gasteiger partial charge in [-0.3, -0.25) is 9.78 Å². The molecular weight excluding hydrogens is 300 g/mol. The summed E-state index contributed by atoms with van der Waals surface area (Å²) < 4.78 is 27.1. The van der Waals surface area contributed by atoms with E-state index < -0.39 is 21.2 Å². The Hall–Kier alpha value is -1.43. The molecule has 1 aliphatic carbocycles. The van der Waals surface area contributed by atoms with Gasteiger partial charge in [-0.1, -0.05) is 38.5 Å². The van der Waals surface area contributed by atoms with Gasteiger partial charge in [-0.25, -0.2) is 13.1 Å². The Morgan fingerprint density at radius 2 is 1.68 bits per heavy atom. The van der Waals surface area contributed by atoms with Crippen molar-refractivity contribution in [1.29, 1.82) is 0 Å². The van der Waals surface area contributed by atoms with E-state index in [1.165, 1.54) is 19.0 Å². The van der Waals surface area contributed by atoms with E-state index in [9.17, 15) is 13.2 Å². The normalized spacial score (nSPS) is 18.0. The molecule has 1 amide bonds. The van der Waals surface area contributed by atoms with Crippen molar-refractivity contribution in [2.24, 2.45) is 0 Å². The SMILES string of the molecule is Cc1ccc(C(=O)NS(=O)(=O)C2CCCCCCCC2)cn1. The fourth-order valence-corrected chi connectivity index (χ4v) is 4.28. The topological polar surface area (TPSA) is 76.1 Å². The van der Waals surface area contributed by atoms with Crippen LogP contribution in [0.25, 0.3) is 0 Å². The summed E-state index contributed by atoms with van der Waals surface area (Å²) in [6.07, 6.45) is 8.98. The number of carbonyl (C=O) groups is 1. The van der Waals surface area contributed by atoms with Crippen molar-refractivity contribution in [2.75, 3.05) is 0 Å². The van der Waals surface area contributed by atoms with Gasteiger partial charge in [-0.05, 0) is 31.9 Å². The molecule has 2 rings (SSSR count). The molecule has 0 unspecified atom stereocenters. The average molecular weight is 324 g/mol. The van der Waals surface area contributed by atoms with E-state index in [-0.39, 0.29) is 5.56 Å². The molecule has 122 valence electrons. The minimum absolute atomic E-state index is 0.275. The number of hydrogen-bond donors (Lipinski definition) is 1. The molecular formula is C16H24N2O3S. The monoisotopic (exact) mass is 324 g/mol. The molecule has 0 aliphatic heterocycles. The molecule has 0 aromatic carbocycles. The molecule has 1 heterocycles. The Bertz CT molecular complexity index is 586. The Morgan fingerprint density at radius 3 is 2.23 bits per heavy atom. The molecule has 0 spiro atoms. The lowest BCUT2D eigenvalue weighted by Gasteiger charge is -2.17. The van der Waals surface area contributed by atoms with E-state index >= 15 is 0 Å². The number of aromatic nitrogens is 1. The molecule has 0 atom stereocenters. The average Bonchev–Trinajstić information content (AvgIpc) is 2.61. The zero-order chi connectivity index (χ0) is 16.0. The van der Waals surface area contributed by atoms with Crippen LogP contribution in [0.15, 0.2) is 18.3 Å². The van der Waals surface area contributed by atoms with Gasteiger partial charge in [0.1, 0.15) is 0 Å². The summed E-state index contributed by atoms with van der Waals surface area (Å²) in [5.41, 5.74) is 1.06. The Labute approximate surface area is 132 Å². The van der Waals surface area contributed by atoms with Gasteiger partial charge in [0.05, 0.1) is 10.8 Å². The fourth-order valence-electron chi connectivity index (χ4n) is 2.78. The highest BCUT2D eigenvalue weighted by molar-refractivity contribution is 7.90. The van der Waals surface area contributed by atoms with Crippen LogP contribution < -0.4 is 4.72 Å². The molecule has 0 bridgehead atoms. The van der Waals surface area contributed by atoms with Gasteiger partial charge in [0.25, 0.3) is 5.91 Å². The van der Waals surface area contributed by atoms with Crippen molar-refractivity contribution in [1.82, 2.24) is 9.71 Å². The molecule has 1 saturated carbocycles. The van der Waals surface area contributed by atoms with Crippen LogP contribution in [-0.4, -0.2) is 24.6 Å². The zero-order valence-electron chi connectivity index (χ0n) is 13.0. The predicted molar refractivity (Wildman–Crippen MR) is 86.1 cm³/mol. The summed E-state index contributed by atoms with van der Waals surface area (Å²) in [5, 5.41) is -0.465. The van der Waals surface area contributed by atoms with Crippen LogP contribution >= 0.6 is 0 Å². The molecule has 1 N–H and O–H groups in total. The maximum Gasteiger partial charge on any atom is 0.266 e. The number of carbonyl (C=O) groups excluding carboxylic acids is 1. The lowest BCUT2D eigenvalue weighted by molar-refractivity contribution is 0.0980. The minimum Gasteiger partial charge on any atom is -0.268 e. The largest absolute Gasteiger partial charge is 0.268 e. The third-order valence-corrected chi connectivity index (χ3v) is 5.97. The maximum atomic E-state index is 12.5. The van der Waals surface area contributed by atoms with E-state index in [2.05, 4.69) is 9.71 Å². The number of hydrogen-bond acceptors (Lipinski definition) is 4. The van der Waals surface area contributed by atoms with Gasteiger partial charge >= 0.3 is 0 Å². The third kappa shape index (κ3) is 4.80. The first-order valence-electron chi connectivity index (χ1n) is 7.97. The van der Waals surface area contributed by atoms with Gasteiger partial charge in [-0.15, -0.1) is 0 Å².